The van der Waals surface area contributed by atoms with E-state index in [1.54, 1.807) is 0 Å². The Hall–Kier alpha value is 12.7. The first kappa shape index (κ1) is 110. The summed E-state index contributed by atoms with van der Waals surface area (Å²) in [6.45, 7) is 0. The van der Waals surface area contributed by atoms with E-state index in [1.807, 2.05) is 0 Å². The number of rotatable bonds is 0. The molecule has 0 aromatic heterocycles. The summed E-state index contributed by atoms with van der Waals surface area (Å²) in [5.41, 5.74) is 0. The molecule has 0 amide bonds. The molecule has 0 atom stereocenters. The second kappa shape index (κ2) is 97.4. The zero-order valence-corrected chi connectivity index (χ0v) is 66.4. The topological polar surface area (TPSA) is 0 Å². The minimum atomic E-state index is 0. The fourth-order valence-electron chi connectivity index (χ4n) is 0. The molecule has 0 aliphatic heterocycles. The molecule has 0 unspecified atom stereocenters. The molecule has 0 aromatic rings. The van der Waals surface area contributed by atoms with Crippen LogP contribution >= 0.6 is 0 Å². The molecule has 0 nitrogen and oxygen atoms in total. The molecule has 0 rings (SSSR count). The van der Waals surface area contributed by atoms with Gasteiger partial charge in [-0.1, -0.05) is 0 Å². The van der Waals surface area contributed by atoms with Crippen molar-refractivity contribution in [3.63, 3.8) is 0 Å². The molecule has 0 spiro atoms. The van der Waals surface area contributed by atoms with Gasteiger partial charge < -0.3 is 0 Å². The first-order chi connectivity index (χ1) is 0. The molecule has 14 heteroatoms. The molecular weight excluding hydrogens is 1590 g/mol. The summed E-state index contributed by atoms with van der Waals surface area (Å²) >= 11 is 0. The third-order valence-electron chi connectivity index (χ3n) is 0. The molecule has 0 aromatic carbocycles. The molecule has 0 saturated carbocycles. The first-order valence-corrected chi connectivity index (χ1v) is 0. The Kier molecular flexibility index (Phi) is 762. The van der Waals surface area contributed by atoms with E-state index in [2.05, 4.69) is 0 Å². The molecule has 0 N–H and O–H groups in total. The van der Waals surface area contributed by atoms with Gasteiger partial charge in [0.25, 0.3) is 0 Å². The second-order valence-electron chi connectivity index (χ2n) is 0. The van der Waals surface area contributed by atoms with E-state index in [-0.39, 0.29) is 375 Å². The SMILES string of the molecule is [Cd].[Cd].[Cd].[Cd].[Cd].[Cd].[Cd].[Cd].[Cd].[Cd].[Cd].[Cd].[SnH2].[SnH2]. The number of hydrogen-bond acceptors (Lipinski definition) is 0. The quantitative estimate of drug-likeness (QED) is 0.250. The van der Waals surface area contributed by atoms with Gasteiger partial charge in [-0.15, -0.1) is 0 Å². The second-order valence-corrected chi connectivity index (χ2v) is 0. The predicted molar refractivity (Wildman–Crippen MR) is 17.1 cm³/mol. The van der Waals surface area contributed by atoms with Crippen LogP contribution in [-0.4, -0.2) is 47.8 Å². The van der Waals surface area contributed by atoms with Crippen molar-refractivity contribution < 1.29 is 328 Å². The van der Waals surface area contributed by atoms with Crippen molar-refractivity contribution >= 4 is 47.8 Å². The average molecular weight is 1590 g/mol. The summed E-state index contributed by atoms with van der Waals surface area (Å²) in [6.07, 6.45) is 0. The van der Waals surface area contributed by atoms with E-state index in [9.17, 15) is 0 Å². The molecule has 4 radical (unpaired) electrons. The zero-order valence-electron chi connectivity index (χ0n) is 9.90. The molecular formula is H4Cd12Sn2. The van der Waals surface area contributed by atoms with Crippen molar-refractivity contribution in [2.24, 2.45) is 0 Å². The number of hydrogen-bond donors (Lipinski definition) is 0. The Bertz CT molecular complexity index is 8.28. The normalized spacial score (nSPS) is 0. The maximum atomic E-state index is 0. The van der Waals surface area contributed by atoms with Crippen molar-refractivity contribution in [3.05, 3.63) is 0 Å². The Morgan fingerprint density at radius 2 is 0.143 bits per heavy atom. The molecule has 36 valence electrons. The Labute approximate surface area is 363 Å². The summed E-state index contributed by atoms with van der Waals surface area (Å²) in [6, 6.07) is 0. The summed E-state index contributed by atoms with van der Waals surface area (Å²) < 4.78 is 0. The van der Waals surface area contributed by atoms with Gasteiger partial charge in [-0.25, -0.2) is 0 Å². The van der Waals surface area contributed by atoms with Gasteiger partial charge in [-0.3, -0.25) is 0 Å². The van der Waals surface area contributed by atoms with Gasteiger partial charge in [-0.05, 0) is 0 Å². The van der Waals surface area contributed by atoms with E-state index in [0.29, 0.717) is 0 Å². The van der Waals surface area contributed by atoms with E-state index in [4.69, 9.17) is 0 Å². The molecule has 0 saturated heterocycles. The summed E-state index contributed by atoms with van der Waals surface area (Å²) in [5, 5.41) is 0. The fourth-order valence-corrected chi connectivity index (χ4v) is 0. The summed E-state index contributed by atoms with van der Waals surface area (Å²) in [4.78, 5) is 0. The third kappa shape index (κ3) is 86.1. The van der Waals surface area contributed by atoms with E-state index >= 15 is 0 Å². The van der Waals surface area contributed by atoms with Crippen LogP contribution < -0.4 is 0 Å². The van der Waals surface area contributed by atoms with Crippen LogP contribution in [0.25, 0.3) is 0 Å². The van der Waals surface area contributed by atoms with Crippen LogP contribution in [-0.2, 0) is 328 Å². The van der Waals surface area contributed by atoms with Crippen LogP contribution in [0.4, 0.5) is 0 Å². The minimum absolute atomic E-state index is 0. The van der Waals surface area contributed by atoms with Crippen molar-refractivity contribution in [2.75, 3.05) is 0 Å². The standard InChI is InChI=1S/12Cd.2Sn.4H. The molecule has 0 bridgehead atoms. The Morgan fingerprint density at radius 1 is 0.143 bits per heavy atom. The Morgan fingerprint density at radius 3 is 0.143 bits per heavy atom. The molecule has 14 heavy (non-hydrogen) atoms. The Balaban J connectivity index is 0. The van der Waals surface area contributed by atoms with Gasteiger partial charge in [0, 0.05) is 328 Å². The van der Waals surface area contributed by atoms with Crippen LogP contribution in [0.1, 0.15) is 0 Å². The zero-order chi connectivity index (χ0) is 0. The average Bonchev–Trinajstić information content (AvgIpc) is 0. The summed E-state index contributed by atoms with van der Waals surface area (Å²) in [5.74, 6) is 0. The van der Waals surface area contributed by atoms with E-state index < -0.39 is 0 Å². The van der Waals surface area contributed by atoms with Crippen molar-refractivity contribution in [3.8, 4) is 0 Å². The maximum absolute atomic E-state index is 0. The van der Waals surface area contributed by atoms with Crippen molar-refractivity contribution in [1.82, 2.24) is 0 Å². The van der Waals surface area contributed by atoms with Crippen LogP contribution in [0.5, 0.6) is 0 Å². The van der Waals surface area contributed by atoms with Gasteiger partial charge in [0.1, 0.15) is 0 Å². The van der Waals surface area contributed by atoms with Crippen LogP contribution in [0, 0.1) is 0 Å². The van der Waals surface area contributed by atoms with Gasteiger partial charge in [-0.2, -0.15) is 0 Å². The van der Waals surface area contributed by atoms with Crippen LogP contribution in [0.3, 0.4) is 0 Å². The van der Waals surface area contributed by atoms with E-state index in [1.165, 1.54) is 0 Å². The van der Waals surface area contributed by atoms with Crippen LogP contribution in [0.2, 0.25) is 0 Å². The van der Waals surface area contributed by atoms with Gasteiger partial charge in [0.15, 0.2) is 0 Å². The predicted octanol–water partition coefficient (Wildman–Crippen LogP) is -1.86. The van der Waals surface area contributed by atoms with Crippen molar-refractivity contribution in [1.29, 1.82) is 0 Å². The van der Waals surface area contributed by atoms with Gasteiger partial charge in [0.05, 0.1) is 0 Å². The third-order valence-corrected chi connectivity index (χ3v) is 0. The first-order valence-electron chi connectivity index (χ1n) is 0. The van der Waals surface area contributed by atoms with Crippen LogP contribution in [0.15, 0.2) is 0 Å². The molecule has 0 aliphatic carbocycles. The fraction of sp³-hybridized carbons (Fsp3) is 0. The van der Waals surface area contributed by atoms with Gasteiger partial charge >= 0.3 is 47.8 Å². The van der Waals surface area contributed by atoms with Crippen molar-refractivity contribution in [2.45, 2.75) is 0 Å². The molecule has 0 aliphatic rings. The molecule has 0 fully saturated rings. The van der Waals surface area contributed by atoms with E-state index in [0.717, 1.165) is 0 Å². The van der Waals surface area contributed by atoms with Gasteiger partial charge in [0.2, 0.25) is 0 Å². The monoisotopic (exact) mass is 1610 g/mol. The molecule has 0 heterocycles. The summed E-state index contributed by atoms with van der Waals surface area (Å²) in [7, 11) is 0.